The molecule has 1 N–H and O–H groups in total. The van der Waals surface area contributed by atoms with Crippen LogP contribution < -0.4 is 5.32 Å². The van der Waals surface area contributed by atoms with E-state index in [0.29, 0.717) is 5.84 Å². The van der Waals surface area contributed by atoms with E-state index in [0.717, 1.165) is 83.1 Å². The van der Waals surface area contributed by atoms with E-state index in [1.807, 2.05) is 35.6 Å². The Bertz CT molecular complexity index is 3440. The number of para-hydroxylation sites is 1. The maximum atomic E-state index is 6.53. The standard InChI is InChI=1S/C51H31N3O2S/c1-2-9-30(10-3-1)33-21-24-39-40-26-23-35(29-45(40)56-43(39)27-33)51-53-49(52-50(54-51)34-22-25-38-37-11-4-6-14-42(37)55-44(38)28-34)32-19-17-31(18-20-32)36-13-8-16-47-48(36)41-12-5-7-15-46(41)57-47/h1-29,50H,(H,52,53,54). The summed E-state index contributed by atoms with van der Waals surface area (Å²) in [5, 5.41) is 10.6. The van der Waals surface area contributed by atoms with Crippen LogP contribution in [0.5, 0.6) is 0 Å². The zero-order valence-corrected chi connectivity index (χ0v) is 31.3. The lowest BCUT2D eigenvalue weighted by atomic mass is 9.98. The summed E-state index contributed by atoms with van der Waals surface area (Å²) in [4.78, 5) is 10.4. The Balaban J connectivity index is 0.959. The second-order valence-corrected chi connectivity index (χ2v) is 15.6. The van der Waals surface area contributed by atoms with Crippen molar-refractivity contribution in [1.82, 2.24) is 5.32 Å². The highest BCUT2D eigenvalue weighted by molar-refractivity contribution is 7.25. The molecule has 0 bridgehead atoms. The highest BCUT2D eigenvalue weighted by Crippen LogP contribution is 2.40. The van der Waals surface area contributed by atoms with Crippen LogP contribution in [0.15, 0.2) is 195 Å². The molecular weight excluding hydrogens is 719 g/mol. The number of hydrogen-bond acceptors (Lipinski definition) is 6. The molecule has 0 fully saturated rings. The lowest BCUT2D eigenvalue weighted by Crippen LogP contribution is -2.33. The third-order valence-electron chi connectivity index (χ3n) is 11.2. The van der Waals surface area contributed by atoms with Crippen LogP contribution in [-0.2, 0) is 0 Å². The molecule has 4 heterocycles. The lowest BCUT2D eigenvalue weighted by Gasteiger charge is -2.23. The first kappa shape index (κ1) is 32.0. The Labute approximate surface area is 330 Å². The number of benzene rings is 8. The molecule has 268 valence electrons. The van der Waals surface area contributed by atoms with Crippen LogP contribution in [0.4, 0.5) is 0 Å². The number of fused-ring (bicyclic) bond motifs is 9. The van der Waals surface area contributed by atoms with Crippen LogP contribution in [-0.4, -0.2) is 11.7 Å². The first-order valence-corrected chi connectivity index (χ1v) is 19.9. The number of nitrogens with one attached hydrogen (secondary N) is 1. The van der Waals surface area contributed by atoms with Crippen LogP contribution in [0.1, 0.15) is 22.9 Å². The van der Waals surface area contributed by atoms with Crippen molar-refractivity contribution in [3.8, 4) is 22.3 Å². The molecule has 0 saturated heterocycles. The normalized spacial score (nSPS) is 14.5. The van der Waals surface area contributed by atoms with Crippen LogP contribution in [0.25, 0.3) is 86.3 Å². The summed E-state index contributed by atoms with van der Waals surface area (Å²) in [5.41, 5.74) is 10.9. The predicted molar refractivity (Wildman–Crippen MR) is 237 cm³/mol. The first-order chi connectivity index (χ1) is 28.2. The number of furan rings is 2. The maximum absolute atomic E-state index is 6.53. The molecule has 0 radical (unpaired) electrons. The summed E-state index contributed by atoms with van der Waals surface area (Å²) < 4.78 is 15.4. The van der Waals surface area contributed by atoms with E-state index in [4.69, 9.17) is 18.8 Å². The Morgan fingerprint density at radius 1 is 0.439 bits per heavy atom. The van der Waals surface area contributed by atoms with Gasteiger partial charge >= 0.3 is 0 Å². The molecule has 1 atom stereocenters. The van der Waals surface area contributed by atoms with Crippen molar-refractivity contribution in [1.29, 1.82) is 0 Å². The average Bonchev–Trinajstić information content (AvgIpc) is 3.97. The van der Waals surface area contributed by atoms with E-state index in [2.05, 4.69) is 157 Å². The summed E-state index contributed by atoms with van der Waals surface area (Å²) in [7, 11) is 0. The molecule has 1 aliphatic rings. The molecule has 6 heteroatoms. The van der Waals surface area contributed by atoms with Gasteiger partial charge in [-0.2, -0.15) is 0 Å². The van der Waals surface area contributed by atoms with Gasteiger partial charge in [-0.1, -0.05) is 127 Å². The fraction of sp³-hybridized carbons (Fsp3) is 0.0196. The second-order valence-electron chi connectivity index (χ2n) is 14.6. The van der Waals surface area contributed by atoms with Gasteiger partial charge in [-0.3, -0.25) is 0 Å². The van der Waals surface area contributed by atoms with Crippen molar-refractivity contribution >= 4 is 87.1 Å². The minimum Gasteiger partial charge on any atom is -0.456 e. The number of rotatable bonds is 5. The summed E-state index contributed by atoms with van der Waals surface area (Å²) in [6, 6.07) is 61.6. The Morgan fingerprint density at radius 3 is 1.89 bits per heavy atom. The molecule has 1 aliphatic heterocycles. The van der Waals surface area contributed by atoms with Gasteiger partial charge in [0, 0.05) is 58.4 Å². The van der Waals surface area contributed by atoms with Crippen molar-refractivity contribution in [3.05, 3.63) is 193 Å². The van der Waals surface area contributed by atoms with Crippen LogP contribution >= 0.6 is 11.3 Å². The fourth-order valence-electron chi connectivity index (χ4n) is 8.36. The van der Waals surface area contributed by atoms with Crippen molar-refractivity contribution in [3.63, 3.8) is 0 Å². The third-order valence-corrected chi connectivity index (χ3v) is 12.3. The van der Waals surface area contributed by atoms with Gasteiger partial charge in [0.05, 0.1) is 0 Å². The Hall–Kier alpha value is -7.28. The van der Waals surface area contributed by atoms with E-state index in [9.17, 15) is 0 Å². The SMILES string of the molecule is c1ccc(-c2ccc3c(c2)oc2cc(C4=NC(c5ccc(-c6cccc7sc8ccccc8c67)cc5)=NC(c5ccc6c(c5)oc5ccccc56)N4)ccc23)cc1. The van der Waals surface area contributed by atoms with E-state index >= 15 is 0 Å². The predicted octanol–water partition coefficient (Wildman–Crippen LogP) is 13.7. The third kappa shape index (κ3) is 5.29. The monoisotopic (exact) mass is 749 g/mol. The van der Waals surface area contributed by atoms with Crippen molar-refractivity contribution in [2.24, 2.45) is 9.98 Å². The number of hydrogen-bond donors (Lipinski definition) is 1. The number of aliphatic imine (C=N–C) groups is 2. The van der Waals surface area contributed by atoms with E-state index in [1.165, 1.54) is 25.7 Å². The van der Waals surface area contributed by atoms with Crippen molar-refractivity contribution in [2.45, 2.75) is 6.17 Å². The number of thiophene rings is 1. The summed E-state index contributed by atoms with van der Waals surface area (Å²) in [5.74, 6) is 1.38. The van der Waals surface area contributed by atoms with Crippen LogP contribution in [0, 0.1) is 0 Å². The highest BCUT2D eigenvalue weighted by atomic mass is 32.1. The van der Waals surface area contributed by atoms with Crippen molar-refractivity contribution < 1.29 is 8.83 Å². The van der Waals surface area contributed by atoms with Gasteiger partial charge in [-0.15, -0.1) is 11.3 Å². The van der Waals surface area contributed by atoms with Crippen molar-refractivity contribution in [2.75, 3.05) is 0 Å². The van der Waals surface area contributed by atoms with Gasteiger partial charge in [-0.25, -0.2) is 9.98 Å². The topological polar surface area (TPSA) is 63.0 Å². The quantitative estimate of drug-likeness (QED) is 0.191. The molecule has 0 amide bonds. The highest BCUT2D eigenvalue weighted by Gasteiger charge is 2.23. The molecule has 0 saturated carbocycles. The van der Waals surface area contributed by atoms with Crippen LogP contribution in [0.2, 0.25) is 0 Å². The summed E-state index contributed by atoms with van der Waals surface area (Å²) in [6.07, 6.45) is -0.407. The molecule has 11 aromatic rings. The maximum Gasteiger partial charge on any atom is 0.159 e. The van der Waals surface area contributed by atoms with Gasteiger partial charge < -0.3 is 14.2 Å². The summed E-state index contributed by atoms with van der Waals surface area (Å²) in [6.45, 7) is 0. The van der Waals surface area contributed by atoms with E-state index < -0.39 is 6.17 Å². The molecule has 12 rings (SSSR count). The molecule has 0 spiro atoms. The Kier molecular flexibility index (Phi) is 7.09. The molecular formula is C51H31N3O2S. The second kappa shape index (κ2) is 12.6. The molecule has 3 aromatic heterocycles. The zero-order chi connectivity index (χ0) is 37.5. The molecule has 1 unspecified atom stereocenters. The zero-order valence-electron chi connectivity index (χ0n) is 30.4. The summed E-state index contributed by atoms with van der Waals surface area (Å²) >= 11 is 1.84. The van der Waals surface area contributed by atoms with Crippen LogP contribution in [0.3, 0.4) is 0 Å². The lowest BCUT2D eigenvalue weighted by molar-refractivity contribution is 0.654. The smallest absolute Gasteiger partial charge is 0.159 e. The fourth-order valence-corrected chi connectivity index (χ4v) is 9.49. The molecule has 5 nitrogen and oxygen atoms in total. The number of amidine groups is 2. The van der Waals surface area contributed by atoms with E-state index in [-0.39, 0.29) is 0 Å². The average molecular weight is 750 g/mol. The molecule has 57 heavy (non-hydrogen) atoms. The largest absolute Gasteiger partial charge is 0.456 e. The molecule has 8 aromatic carbocycles. The minimum absolute atomic E-state index is 0.407. The Morgan fingerprint density at radius 2 is 1.05 bits per heavy atom. The van der Waals surface area contributed by atoms with Gasteiger partial charge in [0.15, 0.2) is 5.84 Å². The van der Waals surface area contributed by atoms with Gasteiger partial charge in [0.2, 0.25) is 0 Å². The minimum atomic E-state index is -0.407. The molecule has 0 aliphatic carbocycles. The first-order valence-electron chi connectivity index (χ1n) is 19.1. The van der Waals surface area contributed by atoms with Gasteiger partial charge in [0.25, 0.3) is 0 Å². The van der Waals surface area contributed by atoms with Gasteiger partial charge in [-0.05, 0) is 70.8 Å². The van der Waals surface area contributed by atoms with E-state index in [1.54, 1.807) is 0 Å². The van der Waals surface area contributed by atoms with Gasteiger partial charge in [0.1, 0.15) is 34.3 Å². The number of nitrogens with zero attached hydrogens (tertiary/aromatic N) is 2.